The Bertz CT molecular complexity index is 442. The van der Waals surface area contributed by atoms with Crippen molar-refractivity contribution in [2.75, 3.05) is 26.2 Å². The molecule has 8 nitrogen and oxygen atoms in total. The Morgan fingerprint density at radius 3 is 1.25 bits per heavy atom. The molecule has 0 spiro atoms. The summed E-state index contributed by atoms with van der Waals surface area (Å²) in [6.45, 7) is 10.8. The molecule has 6 N–H and O–H groups in total. The second kappa shape index (κ2) is 6.95. The standard InChI is InChI=1S/C16H32N4O4/c1-13(2)7-17-9-16(6,24)12(22)20-14(3,4)8-18-10-15(5,23)11(21)19-13/h17-18,23-24H,7-10H2,1-6H3,(H,19,21)(H,20,22)/t15-,16-/m1/s1. The van der Waals surface area contributed by atoms with E-state index in [0.717, 1.165) is 0 Å². The largest absolute Gasteiger partial charge is 0.379 e. The van der Waals surface area contributed by atoms with E-state index in [1.165, 1.54) is 13.8 Å². The molecule has 1 fully saturated rings. The Kier molecular flexibility index (Phi) is 6.03. The summed E-state index contributed by atoms with van der Waals surface area (Å²) < 4.78 is 0. The number of carbonyl (C=O) groups excluding carboxylic acids is 2. The minimum Gasteiger partial charge on any atom is -0.379 e. The predicted molar refractivity (Wildman–Crippen MR) is 91.4 cm³/mol. The van der Waals surface area contributed by atoms with Crippen molar-refractivity contribution in [2.24, 2.45) is 0 Å². The van der Waals surface area contributed by atoms with Gasteiger partial charge in [0, 0.05) is 37.3 Å². The van der Waals surface area contributed by atoms with Crippen LogP contribution in [0.15, 0.2) is 0 Å². The summed E-state index contributed by atoms with van der Waals surface area (Å²) in [6.07, 6.45) is 0. The van der Waals surface area contributed by atoms with E-state index in [-0.39, 0.29) is 13.1 Å². The molecule has 140 valence electrons. The molecule has 8 heteroatoms. The van der Waals surface area contributed by atoms with Crippen molar-refractivity contribution in [2.45, 2.75) is 63.8 Å². The van der Waals surface area contributed by atoms with E-state index in [1.807, 2.05) is 0 Å². The number of hydrogen-bond acceptors (Lipinski definition) is 6. The average molecular weight is 344 g/mol. The van der Waals surface area contributed by atoms with Gasteiger partial charge >= 0.3 is 0 Å². The van der Waals surface area contributed by atoms with Gasteiger partial charge in [-0.15, -0.1) is 0 Å². The molecule has 0 aromatic heterocycles. The van der Waals surface area contributed by atoms with E-state index < -0.39 is 34.1 Å². The van der Waals surface area contributed by atoms with Gasteiger partial charge in [-0.2, -0.15) is 0 Å². The van der Waals surface area contributed by atoms with E-state index in [0.29, 0.717) is 13.1 Å². The van der Waals surface area contributed by atoms with Crippen LogP contribution >= 0.6 is 0 Å². The highest BCUT2D eigenvalue weighted by molar-refractivity contribution is 5.86. The fraction of sp³-hybridized carbons (Fsp3) is 0.875. The maximum Gasteiger partial charge on any atom is 0.253 e. The van der Waals surface area contributed by atoms with Crippen LogP contribution in [-0.2, 0) is 9.59 Å². The lowest BCUT2D eigenvalue weighted by molar-refractivity contribution is -0.141. The molecule has 1 aliphatic heterocycles. The molecule has 0 bridgehead atoms. The van der Waals surface area contributed by atoms with Crippen LogP contribution in [0.25, 0.3) is 0 Å². The molecule has 1 aliphatic rings. The SMILES string of the molecule is CC1(C)CNC[C@@](C)(O)C(=O)NC(C)(C)CNC[C@@](C)(O)C(=O)N1. The molecule has 1 saturated heterocycles. The van der Waals surface area contributed by atoms with Gasteiger partial charge in [0.1, 0.15) is 0 Å². The first-order valence-electron chi connectivity index (χ1n) is 8.18. The van der Waals surface area contributed by atoms with Gasteiger partial charge < -0.3 is 31.5 Å². The van der Waals surface area contributed by atoms with Crippen LogP contribution in [0.4, 0.5) is 0 Å². The zero-order valence-electron chi connectivity index (χ0n) is 15.5. The fourth-order valence-corrected chi connectivity index (χ4v) is 2.37. The van der Waals surface area contributed by atoms with E-state index in [4.69, 9.17) is 0 Å². The van der Waals surface area contributed by atoms with Crippen molar-refractivity contribution in [1.29, 1.82) is 0 Å². The zero-order valence-corrected chi connectivity index (χ0v) is 15.5. The van der Waals surface area contributed by atoms with Crippen molar-refractivity contribution in [1.82, 2.24) is 21.3 Å². The highest BCUT2D eigenvalue weighted by Gasteiger charge is 2.37. The van der Waals surface area contributed by atoms with E-state index in [9.17, 15) is 19.8 Å². The van der Waals surface area contributed by atoms with Crippen molar-refractivity contribution in [3.05, 3.63) is 0 Å². The minimum atomic E-state index is -1.58. The van der Waals surface area contributed by atoms with Crippen LogP contribution in [0.2, 0.25) is 0 Å². The Morgan fingerprint density at radius 2 is 0.958 bits per heavy atom. The number of nitrogens with one attached hydrogen (secondary N) is 4. The van der Waals surface area contributed by atoms with Crippen LogP contribution in [0.1, 0.15) is 41.5 Å². The van der Waals surface area contributed by atoms with E-state index in [1.54, 1.807) is 27.7 Å². The van der Waals surface area contributed by atoms with Gasteiger partial charge in [-0.3, -0.25) is 9.59 Å². The molecule has 1 rings (SSSR count). The molecule has 0 aromatic rings. The quantitative estimate of drug-likeness (QED) is 0.317. The van der Waals surface area contributed by atoms with Gasteiger partial charge in [-0.05, 0) is 41.5 Å². The highest BCUT2D eigenvalue weighted by atomic mass is 16.3. The van der Waals surface area contributed by atoms with Crippen molar-refractivity contribution in [3.63, 3.8) is 0 Å². The van der Waals surface area contributed by atoms with Gasteiger partial charge in [0.25, 0.3) is 11.8 Å². The second-order valence-corrected chi connectivity index (χ2v) is 8.43. The molecule has 1 heterocycles. The summed E-state index contributed by atoms with van der Waals surface area (Å²) in [5.74, 6) is -0.958. The summed E-state index contributed by atoms with van der Waals surface area (Å²) in [7, 11) is 0. The smallest absolute Gasteiger partial charge is 0.253 e. The number of carbonyl (C=O) groups is 2. The first kappa shape index (κ1) is 20.8. The number of β-amino-alcohol motifs (C(OH)–C–C–N with tert-alkyl or cyclic N) is 2. The maximum atomic E-state index is 12.3. The molecule has 2 atom stereocenters. The molecule has 2 amide bonds. The maximum absolute atomic E-state index is 12.3. The van der Waals surface area contributed by atoms with Crippen molar-refractivity contribution >= 4 is 11.8 Å². The average Bonchev–Trinajstić information content (AvgIpc) is 2.35. The Hall–Kier alpha value is -1.22. The highest BCUT2D eigenvalue weighted by Crippen LogP contribution is 2.11. The van der Waals surface area contributed by atoms with Crippen LogP contribution in [0.5, 0.6) is 0 Å². The van der Waals surface area contributed by atoms with Crippen LogP contribution in [0, 0.1) is 0 Å². The predicted octanol–water partition coefficient (Wildman–Crippen LogP) is -1.53. The molecular weight excluding hydrogens is 312 g/mol. The summed E-state index contributed by atoms with van der Waals surface area (Å²) in [5, 5.41) is 32.3. The first-order valence-corrected chi connectivity index (χ1v) is 8.18. The van der Waals surface area contributed by atoms with Crippen LogP contribution in [-0.4, -0.2) is 70.5 Å². The zero-order chi connectivity index (χ0) is 18.8. The van der Waals surface area contributed by atoms with Crippen molar-refractivity contribution in [3.8, 4) is 0 Å². The molecule has 0 saturated carbocycles. The summed E-state index contributed by atoms with van der Waals surface area (Å²) >= 11 is 0. The molecule has 0 unspecified atom stereocenters. The lowest BCUT2D eigenvalue weighted by Gasteiger charge is -2.36. The number of hydrogen-bond donors (Lipinski definition) is 6. The molecular formula is C16H32N4O4. The van der Waals surface area contributed by atoms with E-state index >= 15 is 0 Å². The third-order valence-corrected chi connectivity index (χ3v) is 3.95. The van der Waals surface area contributed by atoms with Gasteiger partial charge in [-0.25, -0.2) is 0 Å². The second-order valence-electron chi connectivity index (χ2n) is 8.43. The van der Waals surface area contributed by atoms with Gasteiger partial charge in [0.2, 0.25) is 0 Å². The minimum absolute atomic E-state index is 0.0397. The first-order chi connectivity index (χ1) is 10.7. The van der Waals surface area contributed by atoms with Crippen LogP contribution in [0.3, 0.4) is 0 Å². The van der Waals surface area contributed by atoms with Crippen LogP contribution < -0.4 is 21.3 Å². The summed E-state index contributed by atoms with van der Waals surface area (Å²) in [4.78, 5) is 24.6. The summed E-state index contributed by atoms with van der Waals surface area (Å²) in [6, 6.07) is 0. The Labute approximate surface area is 143 Å². The number of rotatable bonds is 0. The lowest BCUT2D eigenvalue weighted by Crippen LogP contribution is -2.64. The topological polar surface area (TPSA) is 123 Å². The number of amides is 2. The van der Waals surface area contributed by atoms with Crippen molar-refractivity contribution < 1.29 is 19.8 Å². The Balaban J connectivity index is 2.98. The lowest BCUT2D eigenvalue weighted by atomic mass is 9.97. The molecule has 0 aromatic carbocycles. The molecule has 24 heavy (non-hydrogen) atoms. The summed E-state index contributed by atoms with van der Waals surface area (Å²) in [5.41, 5.74) is -4.46. The molecule has 0 radical (unpaired) electrons. The Morgan fingerprint density at radius 1 is 0.667 bits per heavy atom. The van der Waals surface area contributed by atoms with Gasteiger partial charge in [0.05, 0.1) is 0 Å². The monoisotopic (exact) mass is 344 g/mol. The number of aliphatic hydroxyl groups is 2. The van der Waals surface area contributed by atoms with Gasteiger partial charge in [0.15, 0.2) is 11.2 Å². The van der Waals surface area contributed by atoms with Gasteiger partial charge in [-0.1, -0.05) is 0 Å². The third kappa shape index (κ3) is 6.01. The fourth-order valence-electron chi connectivity index (χ4n) is 2.37. The third-order valence-electron chi connectivity index (χ3n) is 3.95. The van der Waals surface area contributed by atoms with E-state index in [2.05, 4.69) is 21.3 Å². The molecule has 0 aliphatic carbocycles. The normalized spacial score (nSPS) is 35.5.